The number of nitrogens with zero attached hydrogens (tertiary/aromatic N) is 1. The molecule has 0 aromatic heterocycles. The second-order valence-corrected chi connectivity index (χ2v) is 8.48. The van der Waals surface area contributed by atoms with Gasteiger partial charge in [0.05, 0.1) is 0 Å². The molecule has 5 heteroatoms. The molecule has 2 aromatic rings. The highest BCUT2D eigenvalue weighted by Crippen LogP contribution is 2.26. The van der Waals surface area contributed by atoms with Gasteiger partial charge in [-0.25, -0.2) is 0 Å². The van der Waals surface area contributed by atoms with Gasteiger partial charge in [0, 0.05) is 12.6 Å². The summed E-state index contributed by atoms with van der Waals surface area (Å²) in [5, 5.41) is 2.98. The average molecular weight is 425 g/mol. The molecular formula is C26H36N2O3. The van der Waals surface area contributed by atoms with Crippen molar-refractivity contribution in [3.63, 3.8) is 0 Å². The number of rotatable bonds is 10. The van der Waals surface area contributed by atoms with Crippen molar-refractivity contribution in [3.05, 3.63) is 65.2 Å². The van der Waals surface area contributed by atoms with Gasteiger partial charge in [-0.1, -0.05) is 68.8 Å². The van der Waals surface area contributed by atoms with Crippen LogP contribution in [-0.2, 0) is 16.1 Å². The molecule has 0 aliphatic heterocycles. The minimum absolute atomic E-state index is 0.0560. The zero-order valence-corrected chi connectivity index (χ0v) is 19.6. The molecule has 0 heterocycles. The van der Waals surface area contributed by atoms with Crippen LogP contribution in [0.5, 0.6) is 5.75 Å². The van der Waals surface area contributed by atoms with E-state index < -0.39 is 6.04 Å². The lowest BCUT2D eigenvalue weighted by Gasteiger charge is -2.30. The summed E-state index contributed by atoms with van der Waals surface area (Å²) in [6.07, 6.45) is 0.833. The maximum absolute atomic E-state index is 13.2. The third-order valence-electron chi connectivity index (χ3n) is 5.53. The standard InChI is InChI=1S/C26H36N2O3/c1-7-20(5)27-26(30)21(6)28(16-22-14-12-19(4)13-15-22)25(29)17-31-24-11-9-8-10-23(24)18(2)3/h8-15,18,20-21H,7,16-17H2,1-6H3,(H,27,30)/t20-,21+/m0/s1. The summed E-state index contributed by atoms with van der Waals surface area (Å²) in [5.41, 5.74) is 3.19. The molecule has 0 aliphatic carbocycles. The second kappa shape index (κ2) is 11.5. The Hall–Kier alpha value is -2.82. The van der Waals surface area contributed by atoms with Crippen LogP contribution in [0.3, 0.4) is 0 Å². The minimum Gasteiger partial charge on any atom is -0.483 e. The molecule has 0 fully saturated rings. The highest BCUT2D eigenvalue weighted by molar-refractivity contribution is 5.88. The molecule has 1 N–H and O–H groups in total. The molecule has 5 nitrogen and oxygen atoms in total. The number of aryl methyl sites for hydroxylation is 1. The first-order valence-corrected chi connectivity index (χ1v) is 11.1. The molecule has 0 spiro atoms. The van der Waals surface area contributed by atoms with Crippen LogP contribution < -0.4 is 10.1 Å². The van der Waals surface area contributed by atoms with Gasteiger partial charge in [0.2, 0.25) is 5.91 Å². The van der Waals surface area contributed by atoms with Crippen LogP contribution in [0.1, 0.15) is 63.6 Å². The highest BCUT2D eigenvalue weighted by Gasteiger charge is 2.27. The van der Waals surface area contributed by atoms with E-state index >= 15 is 0 Å². The van der Waals surface area contributed by atoms with Crippen LogP contribution in [0.25, 0.3) is 0 Å². The van der Waals surface area contributed by atoms with Crippen molar-refractivity contribution < 1.29 is 14.3 Å². The Morgan fingerprint density at radius 2 is 1.65 bits per heavy atom. The van der Waals surface area contributed by atoms with E-state index in [0.29, 0.717) is 12.3 Å². The Morgan fingerprint density at radius 1 is 1.00 bits per heavy atom. The van der Waals surface area contributed by atoms with E-state index in [1.807, 2.05) is 69.3 Å². The number of nitrogens with one attached hydrogen (secondary N) is 1. The van der Waals surface area contributed by atoms with Gasteiger partial charge in [0.1, 0.15) is 11.8 Å². The van der Waals surface area contributed by atoms with Gasteiger partial charge < -0.3 is 15.0 Å². The van der Waals surface area contributed by atoms with Gasteiger partial charge in [-0.15, -0.1) is 0 Å². The number of hydrogen-bond acceptors (Lipinski definition) is 3. The summed E-state index contributed by atoms with van der Waals surface area (Å²) < 4.78 is 5.91. The second-order valence-electron chi connectivity index (χ2n) is 8.48. The molecule has 2 aromatic carbocycles. The van der Waals surface area contributed by atoms with E-state index in [1.54, 1.807) is 11.8 Å². The zero-order chi connectivity index (χ0) is 23.0. The van der Waals surface area contributed by atoms with E-state index in [1.165, 1.54) is 0 Å². The van der Waals surface area contributed by atoms with Crippen molar-refractivity contribution in [2.45, 2.75) is 72.5 Å². The number of hydrogen-bond donors (Lipinski definition) is 1. The van der Waals surface area contributed by atoms with Crippen molar-refractivity contribution in [2.24, 2.45) is 0 Å². The maximum Gasteiger partial charge on any atom is 0.261 e. The van der Waals surface area contributed by atoms with E-state index in [4.69, 9.17) is 4.74 Å². The van der Waals surface area contributed by atoms with Gasteiger partial charge in [-0.3, -0.25) is 9.59 Å². The van der Waals surface area contributed by atoms with Gasteiger partial charge >= 0.3 is 0 Å². The molecule has 2 amide bonds. The lowest BCUT2D eigenvalue weighted by Crippen LogP contribution is -2.50. The average Bonchev–Trinajstić information content (AvgIpc) is 2.76. The van der Waals surface area contributed by atoms with Crippen LogP contribution in [-0.4, -0.2) is 35.4 Å². The maximum atomic E-state index is 13.2. The molecule has 0 saturated carbocycles. The van der Waals surface area contributed by atoms with E-state index in [9.17, 15) is 9.59 Å². The first-order valence-electron chi connectivity index (χ1n) is 11.1. The lowest BCUT2D eigenvalue weighted by molar-refractivity contribution is -0.142. The first kappa shape index (κ1) is 24.4. The van der Waals surface area contributed by atoms with Crippen molar-refractivity contribution in [3.8, 4) is 5.75 Å². The fourth-order valence-electron chi connectivity index (χ4n) is 3.25. The quantitative estimate of drug-likeness (QED) is 0.594. The number of carbonyl (C=O) groups excluding carboxylic acids is 2. The monoisotopic (exact) mass is 424 g/mol. The zero-order valence-electron chi connectivity index (χ0n) is 19.6. The van der Waals surface area contributed by atoms with Crippen LogP contribution in [0.4, 0.5) is 0 Å². The van der Waals surface area contributed by atoms with Crippen molar-refractivity contribution in [2.75, 3.05) is 6.61 Å². The summed E-state index contributed by atoms with van der Waals surface area (Å²) in [6, 6.07) is 15.2. The molecule has 168 valence electrons. The summed E-state index contributed by atoms with van der Waals surface area (Å²) in [6.45, 7) is 12.2. The van der Waals surface area contributed by atoms with Gasteiger partial charge in [0.15, 0.2) is 6.61 Å². The molecular weight excluding hydrogens is 388 g/mol. The summed E-state index contributed by atoms with van der Waals surface area (Å²) in [7, 11) is 0. The third-order valence-corrected chi connectivity index (χ3v) is 5.53. The fraction of sp³-hybridized carbons (Fsp3) is 0.462. The van der Waals surface area contributed by atoms with E-state index in [2.05, 4.69) is 19.2 Å². The van der Waals surface area contributed by atoms with Crippen LogP contribution >= 0.6 is 0 Å². The molecule has 0 bridgehead atoms. The molecule has 0 saturated heterocycles. The Balaban J connectivity index is 2.19. The van der Waals surface area contributed by atoms with Gasteiger partial charge in [0.25, 0.3) is 5.91 Å². The number of ether oxygens (including phenoxy) is 1. The topological polar surface area (TPSA) is 58.6 Å². The summed E-state index contributed by atoms with van der Waals surface area (Å²) in [4.78, 5) is 27.6. The predicted molar refractivity (Wildman–Crippen MR) is 125 cm³/mol. The Labute approximate surface area is 186 Å². The highest BCUT2D eigenvalue weighted by atomic mass is 16.5. The lowest BCUT2D eigenvalue weighted by atomic mass is 10.0. The smallest absolute Gasteiger partial charge is 0.261 e. The largest absolute Gasteiger partial charge is 0.483 e. The van der Waals surface area contributed by atoms with Gasteiger partial charge in [-0.05, 0) is 50.3 Å². The first-order chi connectivity index (χ1) is 14.7. The van der Waals surface area contributed by atoms with Crippen LogP contribution in [0.2, 0.25) is 0 Å². The normalized spacial score (nSPS) is 12.9. The summed E-state index contributed by atoms with van der Waals surface area (Å²) >= 11 is 0. The number of amides is 2. The predicted octanol–water partition coefficient (Wildman–Crippen LogP) is 4.83. The minimum atomic E-state index is -0.605. The van der Waals surface area contributed by atoms with E-state index in [0.717, 1.165) is 23.1 Å². The Kier molecular flexibility index (Phi) is 9.10. The molecule has 2 rings (SSSR count). The van der Waals surface area contributed by atoms with Crippen LogP contribution in [0, 0.1) is 6.92 Å². The van der Waals surface area contributed by atoms with Crippen molar-refractivity contribution >= 4 is 11.8 Å². The molecule has 2 atom stereocenters. The molecule has 31 heavy (non-hydrogen) atoms. The third kappa shape index (κ3) is 7.12. The van der Waals surface area contributed by atoms with Crippen molar-refractivity contribution in [1.82, 2.24) is 10.2 Å². The van der Waals surface area contributed by atoms with Crippen LogP contribution in [0.15, 0.2) is 48.5 Å². The number of carbonyl (C=O) groups is 2. The van der Waals surface area contributed by atoms with E-state index in [-0.39, 0.29) is 30.4 Å². The van der Waals surface area contributed by atoms with Crippen molar-refractivity contribution in [1.29, 1.82) is 0 Å². The molecule has 0 radical (unpaired) electrons. The van der Waals surface area contributed by atoms with Gasteiger partial charge in [-0.2, -0.15) is 0 Å². The molecule has 0 unspecified atom stereocenters. The Bertz CT molecular complexity index is 861. The Morgan fingerprint density at radius 3 is 2.26 bits per heavy atom. The molecule has 0 aliphatic rings. The summed E-state index contributed by atoms with van der Waals surface area (Å²) in [5.74, 6) is 0.622. The SMILES string of the molecule is CC[C@H](C)NC(=O)[C@@H](C)N(Cc1ccc(C)cc1)C(=O)COc1ccccc1C(C)C. The fourth-order valence-corrected chi connectivity index (χ4v) is 3.25. The number of benzene rings is 2. The number of para-hydroxylation sites is 1.